The molecule has 0 fully saturated rings. The van der Waals surface area contributed by atoms with Crippen molar-refractivity contribution in [3.63, 3.8) is 0 Å². The molecule has 80 valence electrons. The molecular formula is C12H13Cl2N. The summed E-state index contributed by atoms with van der Waals surface area (Å²) in [6, 6.07) is 3.72. The first-order valence-electron chi connectivity index (χ1n) is 4.86. The second kappa shape index (κ2) is 3.43. The van der Waals surface area contributed by atoms with Gasteiger partial charge >= 0.3 is 0 Å². The van der Waals surface area contributed by atoms with Crippen molar-refractivity contribution in [1.82, 2.24) is 4.98 Å². The van der Waals surface area contributed by atoms with Gasteiger partial charge in [0.25, 0.3) is 0 Å². The van der Waals surface area contributed by atoms with Gasteiger partial charge in [0, 0.05) is 16.6 Å². The molecule has 3 heteroatoms. The van der Waals surface area contributed by atoms with Crippen LogP contribution in [0.15, 0.2) is 18.3 Å². The van der Waals surface area contributed by atoms with Gasteiger partial charge in [-0.3, -0.25) is 0 Å². The van der Waals surface area contributed by atoms with Gasteiger partial charge < -0.3 is 4.98 Å². The SMILES string of the molecule is CC(C)(C)c1c[nH]c2c(Cl)cc(Cl)cc12. The van der Waals surface area contributed by atoms with Crippen LogP contribution in [0.2, 0.25) is 10.0 Å². The number of hydrogen-bond donors (Lipinski definition) is 1. The second-order valence-electron chi connectivity index (χ2n) is 4.76. The summed E-state index contributed by atoms with van der Waals surface area (Å²) in [6.07, 6.45) is 2.01. The van der Waals surface area contributed by atoms with Gasteiger partial charge in [0.1, 0.15) is 0 Å². The Labute approximate surface area is 99.4 Å². The molecule has 1 N–H and O–H groups in total. The highest BCUT2D eigenvalue weighted by Gasteiger charge is 2.19. The average Bonchev–Trinajstić information content (AvgIpc) is 2.45. The van der Waals surface area contributed by atoms with Gasteiger partial charge in [-0.25, -0.2) is 0 Å². The molecule has 0 bridgehead atoms. The quantitative estimate of drug-likeness (QED) is 0.684. The minimum Gasteiger partial charge on any atom is -0.360 e. The molecule has 0 aliphatic carbocycles. The molecule has 1 aromatic heterocycles. The van der Waals surface area contributed by atoms with Gasteiger partial charge in [-0.15, -0.1) is 0 Å². The van der Waals surface area contributed by atoms with Gasteiger partial charge in [-0.1, -0.05) is 44.0 Å². The highest BCUT2D eigenvalue weighted by molar-refractivity contribution is 6.38. The summed E-state index contributed by atoms with van der Waals surface area (Å²) >= 11 is 12.1. The van der Waals surface area contributed by atoms with E-state index in [2.05, 4.69) is 25.8 Å². The van der Waals surface area contributed by atoms with Crippen molar-refractivity contribution in [2.45, 2.75) is 26.2 Å². The number of halogens is 2. The molecule has 1 nitrogen and oxygen atoms in total. The summed E-state index contributed by atoms with van der Waals surface area (Å²) in [5, 5.41) is 2.46. The molecule has 0 saturated heterocycles. The highest BCUT2D eigenvalue weighted by atomic mass is 35.5. The van der Waals surface area contributed by atoms with Crippen LogP contribution in [0.3, 0.4) is 0 Å². The lowest BCUT2D eigenvalue weighted by Gasteiger charge is -2.17. The van der Waals surface area contributed by atoms with E-state index in [0.29, 0.717) is 10.0 Å². The van der Waals surface area contributed by atoms with Gasteiger partial charge in [0.2, 0.25) is 0 Å². The lowest BCUT2D eigenvalue weighted by molar-refractivity contribution is 0.596. The van der Waals surface area contributed by atoms with Crippen LogP contribution in [0.5, 0.6) is 0 Å². The number of nitrogens with one attached hydrogen (secondary N) is 1. The zero-order valence-corrected chi connectivity index (χ0v) is 10.5. The van der Waals surface area contributed by atoms with Crippen molar-refractivity contribution < 1.29 is 0 Å². The van der Waals surface area contributed by atoms with Crippen LogP contribution in [0.4, 0.5) is 0 Å². The zero-order valence-electron chi connectivity index (χ0n) is 8.99. The maximum atomic E-state index is 6.11. The third-order valence-electron chi connectivity index (χ3n) is 2.51. The molecule has 0 aliphatic heterocycles. The number of H-pyrrole nitrogens is 1. The molecule has 0 unspecified atom stereocenters. The van der Waals surface area contributed by atoms with E-state index in [1.54, 1.807) is 6.07 Å². The summed E-state index contributed by atoms with van der Waals surface area (Å²) in [6.45, 7) is 6.51. The fourth-order valence-electron chi connectivity index (χ4n) is 1.78. The molecule has 0 radical (unpaired) electrons. The van der Waals surface area contributed by atoms with Crippen LogP contribution in [0.1, 0.15) is 26.3 Å². The van der Waals surface area contributed by atoms with Crippen molar-refractivity contribution in [3.8, 4) is 0 Å². The highest BCUT2D eigenvalue weighted by Crippen LogP contribution is 2.34. The number of rotatable bonds is 0. The normalized spacial score (nSPS) is 12.3. The maximum Gasteiger partial charge on any atom is 0.0661 e. The zero-order chi connectivity index (χ0) is 11.2. The predicted molar refractivity (Wildman–Crippen MR) is 67.0 cm³/mol. The van der Waals surface area contributed by atoms with Crippen molar-refractivity contribution >= 4 is 34.1 Å². The van der Waals surface area contributed by atoms with Crippen LogP contribution in [0.25, 0.3) is 10.9 Å². The van der Waals surface area contributed by atoms with E-state index >= 15 is 0 Å². The molecule has 0 atom stereocenters. The fourth-order valence-corrected chi connectivity index (χ4v) is 2.32. The summed E-state index contributed by atoms with van der Waals surface area (Å²) < 4.78 is 0. The van der Waals surface area contributed by atoms with Crippen molar-refractivity contribution in [2.24, 2.45) is 0 Å². The van der Waals surface area contributed by atoms with Crippen LogP contribution in [-0.4, -0.2) is 4.98 Å². The van der Waals surface area contributed by atoms with Gasteiger partial charge in [0.15, 0.2) is 0 Å². The first-order valence-corrected chi connectivity index (χ1v) is 5.62. The minimum absolute atomic E-state index is 0.0895. The smallest absolute Gasteiger partial charge is 0.0661 e. The molecule has 0 spiro atoms. The van der Waals surface area contributed by atoms with Gasteiger partial charge in [-0.05, 0) is 23.1 Å². The molecule has 2 rings (SSSR count). The number of aromatic amines is 1. The molecular weight excluding hydrogens is 229 g/mol. The lowest BCUT2D eigenvalue weighted by atomic mass is 9.87. The largest absolute Gasteiger partial charge is 0.360 e. The summed E-state index contributed by atoms with van der Waals surface area (Å²) in [4.78, 5) is 3.20. The Kier molecular flexibility index (Phi) is 2.48. The Morgan fingerprint density at radius 3 is 2.40 bits per heavy atom. The minimum atomic E-state index is 0.0895. The molecule has 0 saturated carbocycles. The molecule has 2 aromatic rings. The molecule has 0 aliphatic rings. The van der Waals surface area contributed by atoms with E-state index in [0.717, 1.165) is 10.9 Å². The lowest BCUT2D eigenvalue weighted by Crippen LogP contribution is -2.09. The molecule has 15 heavy (non-hydrogen) atoms. The van der Waals surface area contributed by atoms with E-state index < -0.39 is 0 Å². The second-order valence-corrected chi connectivity index (χ2v) is 5.61. The molecule has 1 heterocycles. The Balaban J connectivity index is 2.80. The number of hydrogen-bond acceptors (Lipinski definition) is 0. The average molecular weight is 242 g/mol. The van der Waals surface area contributed by atoms with Crippen molar-refractivity contribution in [1.29, 1.82) is 0 Å². The molecule has 0 amide bonds. The summed E-state index contributed by atoms with van der Waals surface area (Å²) in [5.41, 5.74) is 2.29. The standard InChI is InChI=1S/C12H13Cl2N/c1-12(2,3)9-6-15-11-8(9)4-7(13)5-10(11)14/h4-6,15H,1-3H3. The third-order valence-corrected chi connectivity index (χ3v) is 3.03. The Morgan fingerprint density at radius 1 is 1.13 bits per heavy atom. The van der Waals surface area contributed by atoms with Crippen LogP contribution in [0, 0.1) is 0 Å². The fraction of sp³-hybridized carbons (Fsp3) is 0.333. The molecule has 1 aromatic carbocycles. The van der Waals surface area contributed by atoms with Crippen molar-refractivity contribution in [3.05, 3.63) is 33.9 Å². The van der Waals surface area contributed by atoms with E-state index in [9.17, 15) is 0 Å². The first kappa shape index (κ1) is 10.8. The van der Waals surface area contributed by atoms with Crippen LogP contribution >= 0.6 is 23.2 Å². The number of aromatic nitrogens is 1. The van der Waals surface area contributed by atoms with E-state index in [-0.39, 0.29) is 5.41 Å². The third kappa shape index (κ3) is 1.86. The number of benzene rings is 1. The van der Waals surface area contributed by atoms with E-state index in [1.165, 1.54) is 5.56 Å². The van der Waals surface area contributed by atoms with Crippen LogP contribution < -0.4 is 0 Å². The summed E-state index contributed by atoms with van der Waals surface area (Å²) in [7, 11) is 0. The van der Waals surface area contributed by atoms with Gasteiger partial charge in [0.05, 0.1) is 10.5 Å². The topological polar surface area (TPSA) is 15.8 Å². The Bertz CT molecular complexity index is 506. The van der Waals surface area contributed by atoms with Crippen molar-refractivity contribution in [2.75, 3.05) is 0 Å². The van der Waals surface area contributed by atoms with E-state index in [4.69, 9.17) is 23.2 Å². The first-order chi connectivity index (χ1) is 6.89. The summed E-state index contributed by atoms with van der Waals surface area (Å²) in [5.74, 6) is 0. The number of fused-ring (bicyclic) bond motifs is 1. The van der Waals surface area contributed by atoms with E-state index in [1.807, 2.05) is 12.3 Å². The predicted octanol–water partition coefficient (Wildman–Crippen LogP) is 4.77. The van der Waals surface area contributed by atoms with Gasteiger partial charge in [-0.2, -0.15) is 0 Å². The Morgan fingerprint density at radius 2 is 1.80 bits per heavy atom. The van der Waals surface area contributed by atoms with Crippen LogP contribution in [-0.2, 0) is 5.41 Å². The monoisotopic (exact) mass is 241 g/mol. The maximum absolute atomic E-state index is 6.11. The Hall–Kier alpha value is -0.660.